The molecule has 1 aliphatic heterocycles. The van der Waals surface area contributed by atoms with Crippen LogP contribution in [0, 0.1) is 25.1 Å². The highest BCUT2D eigenvalue weighted by atomic mass is 19.1. The number of imidazole rings is 1. The van der Waals surface area contributed by atoms with Gasteiger partial charge in [0.05, 0.1) is 44.7 Å². The Labute approximate surface area is 645 Å². The number of carboxylic acid groups (broad SMARTS) is 2. The summed E-state index contributed by atoms with van der Waals surface area (Å²) in [5.74, 6) is -14.5. The molecule has 0 spiro atoms. The maximum atomic E-state index is 15.5. The van der Waals surface area contributed by atoms with Gasteiger partial charge in [0.15, 0.2) is 5.82 Å². The summed E-state index contributed by atoms with van der Waals surface area (Å²) in [5.41, 5.74) is 8.19. The van der Waals surface area contributed by atoms with E-state index in [4.69, 9.17) is 10.5 Å². The lowest BCUT2D eigenvalue weighted by Crippen LogP contribution is -2.67. The van der Waals surface area contributed by atoms with Crippen LogP contribution in [0.2, 0.25) is 0 Å². The summed E-state index contributed by atoms with van der Waals surface area (Å²) >= 11 is 0. The number of aryl methyl sites for hydroxylation is 4. The summed E-state index contributed by atoms with van der Waals surface area (Å²) in [6.07, 6.45) is 0.272. The summed E-state index contributed by atoms with van der Waals surface area (Å²) in [6.45, 7) is 9.73. The van der Waals surface area contributed by atoms with Gasteiger partial charge >= 0.3 is 11.9 Å². The molecule has 36 heteroatoms. The number of benzene rings is 4. The van der Waals surface area contributed by atoms with Gasteiger partial charge in [-0.1, -0.05) is 90.0 Å². The zero-order valence-corrected chi connectivity index (χ0v) is 63.4. The molecule has 0 bridgehead atoms. The molecule has 35 nitrogen and oxygen atoms in total. The lowest BCUT2D eigenvalue weighted by atomic mass is 9.87. The fraction of sp³-hybridized carbons (Fsp3) is 0.474. The number of halogens is 1. The number of H-pyrrole nitrogens is 2. The Hall–Kier alpha value is -11.6. The molecule has 112 heavy (non-hydrogen) atoms. The topological polar surface area (TPSA) is 536 Å². The van der Waals surface area contributed by atoms with Crippen LogP contribution in [-0.2, 0) is 96.1 Å². The van der Waals surface area contributed by atoms with E-state index < -0.39 is 168 Å². The number of nitrogens with two attached hydrogens (primary N) is 1. The van der Waals surface area contributed by atoms with Crippen molar-refractivity contribution >= 4 is 71.0 Å². The van der Waals surface area contributed by atoms with Gasteiger partial charge in [-0.25, -0.2) is 14.2 Å². The zero-order valence-electron chi connectivity index (χ0n) is 63.4. The average molecular weight is 1560 g/mol. The minimum atomic E-state index is -2.40. The quantitative estimate of drug-likeness (QED) is 0.0165. The molecule has 18 N–H and O–H groups in total. The van der Waals surface area contributed by atoms with Gasteiger partial charge in [0.1, 0.15) is 64.8 Å². The van der Waals surface area contributed by atoms with Gasteiger partial charge in [-0.05, 0) is 145 Å². The number of aliphatic carboxylic acids is 2. The summed E-state index contributed by atoms with van der Waals surface area (Å²) in [4.78, 5) is 175. The predicted octanol–water partition coefficient (Wildman–Crippen LogP) is -0.744. The molecular formula is C76H100FN17O18. The minimum absolute atomic E-state index is 0.0468. The van der Waals surface area contributed by atoms with Crippen LogP contribution >= 0.6 is 0 Å². The molecule has 1 aliphatic rings. The number of hydrogen-bond donors (Lipinski definition) is 17. The third-order valence-electron chi connectivity index (χ3n) is 19.0. The first kappa shape index (κ1) is 87.6. The summed E-state index contributed by atoms with van der Waals surface area (Å²) in [7, 11) is 0. The molecule has 3 heterocycles. The number of rotatable bonds is 44. The molecule has 0 saturated carbocycles. The van der Waals surface area contributed by atoms with Gasteiger partial charge in [-0.15, -0.1) is 10.2 Å². The van der Waals surface area contributed by atoms with E-state index in [1.807, 2.05) is 57.2 Å². The molecule has 0 aliphatic carbocycles. The number of tetrazole rings is 1. The number of aliphatic hydroxyl groups is 3. The number of aliphatic hydroxyl groups excluding tert-OH is 3. The molecule has 7 rings (SSSR count). The molecule has 0 radical (unpaired) electrons. The van der Waals surface area contributed by atoms with E-state index >= 15 is 4.39 Å². The van der Waals surface area contributed by atoms with E-state index in [2.05, 4.69) is 78.4 Å². The normalized spacial score (nSPS) is 16.2. The van der Waals surface area contributed by atoms with Crippen LogP contribution in [0.25, 0.3) is 11.1 Å². The van der Waals surface area contributed by atoms with Crippen molar-refractivity contribution in [3.63, 3.8) is 0 Å². The van der Waals surface area contributed by atoms with E-state index in [-0.39, 0.29) is 50.2 Å². The largest absolute Gasteiger partial charge is 0.494 e. The smallest absolute Gasteiger partial charge is 0.326 e. The number of carbonyl (C=O) groups is 12. The number of carboxylic acids is 2. The van der Waals surface area contributed by atoms with E-state index in [0.29, 0.717) is 50.1 Å². The zero-order chi connectivity index (χ0) is 82.0. The van der Waals surface area contributed by atoms with E-state index in [0.717, 1.165) is 78.8 Å². The summed E-state index contributed by atoms with van der Waals surface area (Å²) in [6, 6.07) is 10.6. The van der Waals surface area contributed by atoms with Crippen LogP contribution in [0.15, 0.2) is 97.5 Å². The fourth-order valence-corrected chi connectivity index (χ4v) is 12.7. The standard InChI is InChI=1S/C76H100FN17O18/c1-8-48-34-52(112-29-12-11-26-78)22-23-53(48)49-20-18-46(19-21-49)33-56(66(102)82-55(71(107)108)17-13-14-47-31-42(2)30-43(3)32-47)83-67(103)58(36-62(99)100)84-68(104)59(40-95)85-69(105)63(44(4)96)88-73(110)76(7,37-50-15-9-10-16-54(50)77)89-70(106)64(45(5)97)87-61(98)39-80-65(101)57(35-60-90-92-93-91-60)86-72(109)75(6)25-28-94(74(75)111)27-24-51-38-79-41-81-51/h9-10,15-16,18-23,30-32,34,38,41,44-45,55-59,63-64,95-97H,8,11-14,17,24-29,33,35-37,39-40,78H2,1-7H3,(H,79,81)(H,80,101)(H,82,102)(H,83,103)(H,84,104)(H,85,105)(H,86,109)(H,87,98)(H,88,110)(H,89,106)(H,99,100)(H,107,108)(H,90,91,92,93)/t44-,45-,55+,56+,57+,58+,59+,63+,64+,75+,76+/m1/s1. The van der Waals surface area contributed by atoms with Crippen LogP contribution in [-0.4, -0.2) is 231 Å². The Bertz CT molecular complexity index is 4240. The molecular weight excluding hydrogens is 1460 g/mol. The minimum Gasteiger partial charge on any atom is -0.494 e. The molecule has 0 unspecified atom stereocenters. The van der Waals surface area contributed by atoms with Crippen LogP contribution in [0.1, 0.15) is 118 Å². The van der Waals surface area contributed by atoms with Crippen LogP contribution in [0.5, 0.6) is 5.75 Å². The Kier molecular flexibility index (Phi) is 32.4. The Balaban J connectivity index is 1.04. The van der Waals surface area contributed by atoms with Gasteiger partial charge in [0.2, 0.25) is 59.1 Å². The van der Waals surface area contributed by atoms with Crippen molar-refractivity contribution in [2.24, 2.45) is 11.1 Å². The average Bonchev–Trinajstić information content (AvgIpc) is 1.56. The third kappa shape index (κ3) is 25.2. The summed E-state index contributed by atoms with van der Waals surface area (Å²) < 4.78 is 21.5. The highest BCUT2D eigenvalue weighted by Gasteiger charge is 2.50. The number of likely N-dealkylation sites (tertiary alicyclic amines) is 1. The van der Waals surface area contributed by atoms with Gasteiger partial charge in [-0.2, -0.15) is 5.21 Å². The predicted molar refractivity (Wildman–Crippen MR) is 401 cm³/mol. The fourth-order valence-electron chi connectivity index (χ4n) is 12.7. The number of aromatic amines is 2. The van der Waals surface area contributed by atoms with Crippen LogP contribution < -0.4 is 58.3 Å². The van der Waals surface area contributed by atoms with E-state index in [9.17, 15) is 83.1 Å². The number of amides is 10. The van der Waals surface area contributed by atoms with Gasteiger partial charge in [0.25, 0.3) is 0 Å². The summed E-state index contributed by atoms with van der Waals surface area (Å²) in [5, 5.41) is 87.6. The molecule has 6 aromatic rings. The van der Waals surface area contributed by atoms with Crippen molar-refractivity contribution in [2.75, 3.05) is 39.4 Å². The van der Waals surface area contributed by atoms with Crippen molar-refractivity contribution in [1.29, 1.82) is 0 Å². The first-order chi connectivity index (χ1) is 53.2. The molecule has 1 fully saturated rings. The monoisotopic (exact) mass is 1560 g/mol. The van der Waals surface area contributed by atoms with Crippen molar-refractivity contribution in [1.82, 2.24) is 83.3 Å². The lowest BCUT2D eigenvalue weighted by Gasteiger charge is -2.34. The Morgan fingerprint density at radius 2 is 1.38 bits per heavy atom. The van der Waals surface area contributed by atoms with Crippen molar-refractivity contribution < 1.29 is 92.2 Å². The molecule has 10 amide bonds. The molecule has 604 valence electrons. The number of hydrogen-bond acceptors (Lipinski definition) is 21. The number of unbranched alkanes of at least 4 members (excludes halogenated alkanes) is 1. The molecule has 4 aromatic carbocycles. The van der Waals surface area contributed by atoms with Crippen LogP contribution in [0.3, 0.4) is 0 Å². The van der Waals surface area contributed by atoms with Gasteiger partial charge in [-0.3, -0.25) is 52.7 Å². The maximum absolute atomic E-state index is 15.5. The van der Waals surface area contributed by atoms with Crippen molar-refractivity contribution in [3.05, 3.63) is 148 Å². The Morgan fingerprint density at radius 3 is 2.00 bits per heavy atom. The van der Waals surface area contributed by atoms with E-state index in [1.54, 1.807) is 30.5 Å². The maximum Gasteiger partial charge on any atom is 0.326 e. The van der Waals surface area contributed by atoms with Crippen molar-refractivity contribution in [2.45, 2.75) is 186 Å². The van der Waals surface area contributed by atoms with Gasteiger partial charge in [0, 0.05) is 50.7 Å². The first-order valence-corrected chi connectivity index (χ1v) is 36.7. The van der Waals surface area contributed by atoms with E-state index in [1.165, 1.54) is 36.4 Å². The second-order valence-electron chi connectivity index (χ2n) is 28.2. The molecule has 11 atom stereocenters. The first-order valence-electron chi connectivity index (χ1n) is 36.7. The number of carbonyl (C=O) groups excluding carboxylic acids is 10. The number of nitrogens with one attached hydrogen (secondary N) is 11. The third-order valence-corrected chi connectivity index (χ3v) is 19.0. The number of aromatic nitrogens is 6. The highest BCUT2D eigenvalue weighted by molar-refractivity contribution is 6.07. The Morgan fingerprint density at radius 1 is 0.723 bits per heavy atom. The number of nitrogens with zero attached hydrogens (tertiary/aromatic N) is 5. The second kappa shape index (κ2) is 41.4. The SMILES string of the molecule is CCc1cc(OCCCCN)ccc1-c1ccc(C[C@H](NC(=O)[C@H](CC(=O)O)NC(=O)[C@H](CO)NC(=O)[C@@H](NC(=O)[C@](C)(Cc2ccccc2F)NC(=O)[C@@H](NC(=O)CNC(=O)[C@H](Cc2nn[nH]n2)NC(=O)[C@]2(C)CCN(CCc3cnc[nH]3)C2=O)[C@@H](C)O)[C@@H](C)O)C(=O)N[C@@H](CCCc2cc(C)cc(C)c2)C(=O)O)cc1. The lowest BCUT2D eigenvalue weighted by molar-refractivity contribution is -0.146. The van der Waals surface area contributed by atoms with Crippen LogP contribution in [0.4, 0.5) is 4.39 Å². The van der Waals surface area contributed by atoms with Gasteiger partial charge < -0.3 is 93.7 Å². The molecule has 2 aromatic heterocycles. The highest BCUT2D eigenvalue weighted by Crippen LogP contribution is 2.33. The molecule has 1 saturated heterocycles. The second-order valence-corrected chi connectivity index (χ2v) is 28.2. The number of ether oxygens (including phenoxy) is 1. The van der Waals surface area contributed by atoms with Crippen molar-refractivity contribution in [3.8, 4) is 16.9 Å².